The highest BCUT2D eigenvalue weighted by molar-refractivity contribution is 9.10. The van der Waals surface area contributed by atoms with E-state index in [1.165, 1.54) is 31.2 Å². The lowest BCUT2D eigenvalue weighted by molar-refractivity contribution is -0.123. The molecular weight excluding hydrogens is 372 g/mol. The van der Waals surface area contributed by atoms with Gasteiger partial charge in [0.1, 0.15) is 11.6 Å². The highest BCUT2D eigenvalue weighted by Gasteiger charge is 2.20. The summed E-state index contributed by atoms with van der Waals surface area (Å²) in [6.07, 6.45) is -1.11. The molecule has 0 radical (unpaired) electrons. The molecule has 0 saturated carbocycles. The van der Waals surface area contributed by atoms with Crippen LogP contribution in [0.2, 0.25) is 0 Å². The number of hydrogen-bond donors (Lipinski definition) is 1. The molecule has 2 rings (SSSR count). The summed E-state index contributed by atoms with van der Waals surface area (Å²) >= 11 is 3.05. The quantitative estimate of drug-likeness (QED) is 0.814. The first-order valence-corrected chi connectivity index (χ1v) is 7.38. The maximum atomic E-state index is 13.1. The number of nitrogens with one attached hydrogen (secondary N) is 1. The van der Waals surface area contributed by atoms with Crippen LogP contribution in [0.25, 0.3) is 0 Å². The van der Waals surface area contributed by atoms with Gasteiger partial charge in [-0.25, -0.2) is 13.6 Å². The minimum atomic E-state index is -1.11. The van der Waals surface area contributed by atoms with Gasteiger partial charge in [-0.15, -0.1) is 0 Å². The molecule has 0 aliphatic rings. The van der Waals surface area contributed by atoms with Gasteiger partial charge in [0.25, 0.3) is 5.91 Å². The maximum Gasteiger partial charge on any atom is 0.340 e. The third-order valence-electron chi connectivity index (χ3n) is 2.90. The first-order valence-electron chi connectivity index (χ1n) is 6.59. The number of hydrogen-bond acceptors (Lipinski definition) is 3. The van der Waals surface area contributed by atoms with Gasteiger partial charge in [0.15, 0.2) is 6.10 Å². The van der Waals surface area contributed by atoms with Crippen molar-refractivity contribution < 1.29 is 23.1 Å². The van der Waals surface area contributed by atoms with Crippen molar-refractivity contribution in [3.05, 3.63) is 64.1 Å². The molecule has 2 aromatic carbocycles. The van der Waals surface area contributed by atoms with Gasteiger partial charge in [-0.05, 0) is 59.3 Å². The Balaban J connectivity index is 2.01. The average molecular weight is 384 g/mol. The largest absolute Gasteiger partial charge is 0.449 e. The van der Waals surface area contributed by atoms with Crippen LogP contribution in [0.4, 0.5) is 14.5 Å². The zero-order valence-electron chi connectivity index (χ0n) is 12.0. The zero-order chi connectivity index (χ0) is 17.0. The topological polar surface area (TPSA) is 55.4 Å². The van der Waals surface area contributed by atoms with E-state index in [2.05, 4.69) is 21.2 Å². The lowest BCUT2D eigenvalue weighted by Gasteiger charge is -2.14. The number of esters is 1. The Morgan fingerprint density at radius 3 is 2.48 bits per heavy atom. The smallest absolute Gasteiger partial charge is 0.340 e. The molecule has 0 spiro atoms. The maximum absolute atomic E-state index is 13.1. The summed E-state index contributed by atoms with van der Waals surface area (Å²) in [5.74, 6) is -2.39. The third-order valence-corrected chi connectivity index (χ3v) is 3.55. The monoisotopic (exact) mass is 383 g/mol. The number of rotatable bonds is 4. The summed E-state index contributed by atoms with van der Waals surface area (Å²) in [5.41, 5.74) is 0.345. The summed E-state index contributed by atoms with van der Waals surface area (Å²) in [4.78, 5) is 23.9. The summed E-state index contributed by atoms with van der Waals surface area (Å²) in [6, 6.07) is 8.81. The lowest BCUT2D eigenvalue weighted by atomic mass is 10.2. The van der Waals surface area contributed by atoms with Crippen LogP contribution in [0.5, 0.6) is 0 Å². The standard InChI is InChI=1S/C16H12BrF2NO3/c1-9(15(21)20-12-4-2-3-10(18)7-12)23-16(22)13-6-5-11(19)8-14(13)17/h2-9H,1H3,(H,20,21)/t9-/m0/s1. The van der Waals surface area contributed by atoms with Crippen molar-refractivity contribution >= 4 is 33.5 Å². The molecule has 0 unspecified atom stereocenters. The van der Waals surface area contributed by atoms with E-state index >= 15 is 0 Å². The van der Waals surface area contributed by atoms with Crippen LogP contribution in [-0.4, -0.2) is 18.0 Å². The highest BCUT2D eigenvalue weighted by Crippen LogP contribution is 2.19. The molecule has 0 saturated heterocycles. The number of benzene rings is 2. The molecular formula is C16H12BrF2NO3. The molecule has 0 aromatic heterocycles. The second-order valence-corrected chi connectivity index (χ2v) is 5.53. The van der Waals surface area contributed by atoms with Gasteiger partial charge >= 0.3 is 5.97 Å². The van der Waals surface area contributed by atoms with Gasteiger partial charge in [-0.1, -0.05) is 6.07 Å². The lowest BCUT2D eigenvalue weighted by Crippen LogP contribution is -2.30. The summed E-state index contributed by atoms with van der Waals surface area (Å²) < 4.78 is 31.3. The Labute approximate surface area is 139 Å². The molecule has 0 aliphatic carbocycles. The zero-order valence-corrected chi connectivity index (χ0v) is 13.6. The number of carbonyl (C=O) groups is 2. The SMILES string of the molecule is C[C@H](OC(=O)c1ccc(F)cc1Br)C(=O)Nc1cccc(F)c1. The molecule has 0 bridgehead atoms. The fraction of sp³-hybridized carbons (Fsp3) is 0.125. The number of ether oxygens (including phenoxy) is 1. The van der Waals surface area contributed by atoms with E-state index < -0.39 is 29.6 Å². The van der Waals surface area contributed by atoms with Gasteiger partial charge in [-0.3, -0.25) is 4.79 Å². The van der Waals surface area contributed by atoms with Gasteiger partial charge < -0.3 is 10.1 Å². The van der Waals surface area contributed by atoms with Crippen molar-refractivity contribution in [3.63, 3.8) is 0 Å². The van der Waals surface area contributed by atoms with Crippen molar-refractivity contribution in [3.8, 4) is 0 Å². The van der Waals surface area contributed by atoms with Gasteiger partial charge in [0, 0.05) is 10.2 Å². The Hall–Kier alpha value is -2.28. The molecule has 0 aliphatic heterocycles. The van der Waals surface area contributed by atoms with E-state index in [1.807, 2.05) is 0 Å². The summed E-state index contributed by atoms with van der Waals surface area (Å²) in [7, 11) is 0. The normalized spacial score (nSPS) is 11.7. The molecule has 1 amide bonds. The second kappa shape index (κ2) is 7.32. The van der Waals surface area contributed by atoms with Gasteiger partial charge in [0.2, 0.25) is 0 Å². The van der Waals surface area contributed by atoms with E-state index in [0.29, 0.717) is 0 Å². The van der Waals surface area contributed by atoms with Crippen LogP contribution in [0.3, 0.4) is 0 Å². The number of anilines is 1. The molecule has 0 fully saturated rings. The third kappa shape index (κ3) is 4.59. The van der Waals surface area contributed by atoms with E-state index in [4.69, 9.17) is 4.74 Å². The Morgan fingerprint density at radius 1 is 1.13 bits per heavy atom. The molecule has 0 heterocycles. The van der Waals surface area contributed by atoms with Crippen LogP contribution in [-0.2, 0) is 9.53 Å². The molecule has 7 heteroatoms. The fourth-order valence-corrected chi connectivity index (χ4v) is 2.26. The second-order valence-electron chi connectivity index (χ2n) is 4.67. The van der Waals surface area contributed by atoms with Gasteiger partial charge in [-0.2, -0.15) is 0 Å². The minimum absolute atomic E-state index is 0.0943. The van der Waals surface area contributed by atoms with Crippen LogP contribution in [0.15, 0.2) is 46.9 Å². The van der Waals surface area contributed by atoms with Gasteiger partial charge in [0.05, 0.1) is 5.56 Å². The van der Waals surface area contributed by atoms with Crippen LogP contribution in [0.1, 0.15) is 17.3 Å². The van der Waals surface area contributed by atoms with E-state index in [9.17, 15) is 18.4 Å². The molecule has 120 valence electrons. The average Bonchev–Trinajstić information content (AvgIpc) is 2.46. The van der Waals surface area contributed by atoms with E-state index in [1.54, 1.807) is 0 Å². The van der Waals surface area contributed by atoms with Crippen LogP contribution >= 0.6 is 15.9 Å². The number of amides is 1. The first-order chi connectivity index (χ1) is 10.9. The predicted molar refractivity (Wildman–Crippen MR) is 84.0 cm³/mol. The molecule has 2 aromatic rings. The summed E-state index contributed by atoms with van der Waals surface area (Å²) in [5, 5.41) is 2.44. The first kappa shape index (κ1) is 17.1. The molecule has 1 atom stereocenters. The molecule has 23 heavy (non-hydrogen) atoms. The van der Waals surface area contributed by atoms with Crippen molar-refractivity contribution in [2.24, 2.45) is 0 Å². The van der Waals surface area contributed by atoms with E-state index in [0.717, 1.165) is 18.2 Å². The van der Waals surface area contributed by atoms with Crippen LogP contribution in [0, 0.1) is 11.6 Å². The number of halogens is 3. The van der Waals surface area contributed by atoms with Crippen LogP contribution < -0.4 is 5.32 Å². The molecule has 4 nitrogen and oxygen atoms in total. The predicted octanol–water partition coefficient (Wildman–Crippen LogP) is 3.91. The van der Waals surface area contributed by atoms with Crippen molar-refractivity contribution in [1.82, 2.24) is 0 Å². The fourth-order valence-electron chi connectivity index (χ4n) is 1.74. The van der Waals surface area contributed by atoms with E-state index in [-0.39, 0.29) is 15.7 Å². The minimum Gasteiger partial charge on any atom is -0.449 e. The summed E-state index contributed by atoms with van der Waals surface area (Å²) in [6.45, 7) is 1.38. The van der Waals surface area contributed by atoms with Crippen molar-refractivity contribution in [1.29, 1.82) is 0 Å². The Kier molecular flexibility index (Phi) is 5.44. The number of carbonyl (C=O) groups excluding carboxylic acids is 2. The Morgan fingerprint density at radius 2 is 1.83 bits per heavy atom. The Bertz CT molecular complexity index is 752. The molecule has 1 N–H and O–H groups in total. The van der Waals surface area contributed by atoms with Crippen molar-refractivity contribution in [2.45, 2.75) is 13.0 Å². The van der Waals surface area contributed by atoms with Crippen molar-refractivity contribution in [2.75, 3.05) is 5.32 Å². The highest BCUT2D eigenvalue weighted by atomic mass is 79.9.